The lowest BCUT2D eigenvalue weighted by Gasteiger charge is -2.39. The van der Waals surface area contributed by atoms with Gasteiger partial charge in [-0.15, -0.1) is 0 Å². The van der Waals surface area contributed by atoms with Gasteiger partial charge in [-0.25, -0.2) is 0 Å². The van der Waals surface area contributed by atoms with E-state index in [1.807, 2.05) is 0 Å². The molecular formula is C27H50BrN. The molecule has 1 aromatic carbocycles. The Bertz CT molecular complexity index is 439. The quantitative estimate of drug-likeness (QED) is 0.185. The molecule has 1 aromatic rings. The van der Waals surface area contributed by atoms with Crippen LogP contribution in [-0.2, 0) is 6.54 Å². The van der Waals surface area contributed by atoms with Crippen molar-refractivity contribution in [3.05, 3.63) is 35.9 Å². The number of unbranched alkanes of at least 4 members (excludes halogenated alkanes) is 11. The first kappa shape index (κ1) is 28.7. The van der Waals surface area contributed by atoms with Crippen LogP contribution >= 0.6 is 0 Å². The van der Waals surface area contributed by atoms with E-state index >= 15 is 0 Å². The summed E-state index contributed by atoms with van der Waals surface area (Å²) in [5, 5.41) is 0. The molecule has 0 amide bonds. The zero-order valence-corrected chi connectivity index (χ0v) is 21.5. The van der Waals surface area contributed by atoms with Gasteiger partial charge in [0.15, 0.2) is 0 Å². The summed E-state index contributed by atoms with van der Waals surface area (Å²) in [6.45, 7) is 12.3. The maximum Gasteiger partial charge on any atom is 0.104 e. The Balaban J connectivity index is 0.00000784. The van der Waals surface area contributed by atoms with Crippen LogP contribution in [0, 0.1) is 0 Å². The van der Waals surface area contributed by atoms with Crippen molar-refractivity contribution in [3.8, 4) is 0 Å². The monoisotopic (exact) mass is 467 g/mol. The lowest BCUT2D eigenvalue weighted by atomic mass is 10.0. The van der Waals surface area contributed by atoms with Crippen LogP contribution in [0.4, 0.5) is 0 Å². The number of nitrogens with zero attached hydrogens (tertiary/aromatic N) is 1. The van der Waals surface area contributed by atoms with Crippen molar-refractivity contribution in [1.82, 2.24) is 0 Å². The lowest BCUT2D eigenvalue weighted by Crippen LogP contribution is -3.00. The molecule has 0 aliphatic heterocycles. The van der Waals surface area contributed by atoms with E-state index in [9.17, 15) is 0 Å². The Hall–Kier alpha value is -0.340. The molecule has 0 fully saturated rings. The molecule has 0 N–H and O–H groups in total. The topological polar surface area (TPSA) is 0 Å². The average molecular weight is 469 g/mol. The SMILES string of the molecule is CCCCCCCCCCCCCC[N+](CCC)(CCC)Cc1ccccc1.[Br-]. The minimum Gasteiger partial charge on any atom is -1.00 e. The number of hydrogen-bond donors (Lipinski definition) is 0. The summed E-state index contributed by atoms with van der Waals surface area (Å²) in [5.41, 5.74) is 1.52. The highest BCUT2D eigenvalue weighted by molar-refractivity contribution is 5.13. The highest BCUT2D eigenvalue weighted by atomic mass is 79.9. The summed E-state index contributed by atoms with van der Waals surface area (Å²) < 4.78 is 1.30. The molecule has 0 spiro atoms. The summed E-state index contributed by atoms with van der Waals surface area (Å²) in [5.74, 6) is 0. The van der Waals surface area contributed by atoms with Crippen molar-refractivity contribution >= 4 is 0 Å². The second-order valence-corrected chi connectivity index (χ2v) is 9.05. The normalized spacial score (nSPS) is 11.4. The van der Waals surface area contributed by atoms with Gasteiger partial charge in [-0.3, -0.25) is 0 Å². The van der Waals surface area contributed by atoms with Gasteiger partial charge >= 0.3 is 0 Å². The maximum atomic E-state index is 2.36. The van der Waals surface area contributed by atoms with Gasteiger partial charge in [0.2, 0.25) is 0 Å². The first-order chi connectivity index (χ1) is 13.8. The minimum absolute atomic E-state index is 0. The zero-order valence-electron chi connectivity index (χ0n) is 19.9. The lowest BCUT2D eigenvalue weighted by molar-refractivity contribution is -0.941. The van der Waals surface area contributed by atoms with Gasteiger partial charge in [0, 0.05) is 5.56 Å². The van der Waals surface area contributed by atoms with E-state index in [2.05, 4.69) is 51.1 Å². The standard InChI is InChI=1S/C27H50N.BrH/c1-4-7-8-9-10-11-12-13-14-15-16-20-25-28(23-5-2,24-6-3)26-27-21-18-17-19-22-27;/h17-19,21-22H,4-16,20,23-26H2,1-3H3;1H/q+1;/p-1. The van der Waals surface area contributed by atoms with Crippen LogP contribution in [-0.4, -0.2) is 24.1 Å². The molecule has 0 aliphatic carbocycles. The summed E-state index contributed by atoms with van der Waals surface area (Å²) in [6.07, 6.45) is 19.9. The van der Waals surface area contributed by atoms with E-state index in [4.69, 9.17) is 0 Å². The van der Waals surface area contributed by atoms with Gasteiger partial charge in [-0.1, -0.05) is 115 Å². The molecule has 2 heteroatoms. The molecule has 170 valence electrons. The van der Waals surface area contributed by atoms with Gasteiger partial charge in [-0.05, 0) is 25.7 Å². The molecule has 0 saturated heterocycles. The Morgan fingerprint density at radius 3 is 1.41 bits per heavy atom. The molecule has 1 rings (SSSR count). The molecule has 0 unspecified atom stereocenters. The maximum absolute atomic E-state index is 2.36. The van der Waals surface area contributed by atoms with E-state index in [0.29, 0.717) is 0 Å². The Morgan fingerprint density at radius 2 is 0.966 bits per heavy atom. The highest BCUT2D eigenvalue weighted by Crippen LogP contribution is 2.20. The Morgan fingerprint density at radius 1 is 0.517 bits per heavy atom. The van der Waals surface area contributed by atoms with Crippen molar-refractivity contribution < 1.29 is 21.5 Å². The third-order valence-electron chi connectivity index (χ3n) is 6.24. The van der Waals surface area contributed by atoms with E-state index in [0.717, 1.165) is 0 Å². The van der Waals surface area contributed by atoms with E-state index in [1.54, 1.807) is 0 Å². The number of rotatable bonds is 19. The van der Waals surface area contributed by atoms with Crippen LogP contribution in [0.5, 0.6) is 0 Å². The summed E-state index contributed by atoms with van der Waals surface area (Å²) in [6, 6.07) is 11.2. The number of benzene rings is 1. The van der Waals surface area contributed by atoms with Crippen LogP contribution in [0.25, 0.3) is 0 Å². The van der Waals surface area contributed by atoms with Gasteiger partial charge in [0.25, 0.3) is 0 Å². The second-order valence-electron chi connectivity index (χ2n) is 9.05. The van der Waals surface area contributed by atoms with Crippen LogP contribution in [0.15, 0.2) is 30.3 Å². The number of quaternary nitrogens is 1. The fourth-order valence-corrected chi connectivity index (χ4v) is 4.78. The number of hydrogen-bond acceptors (Lipinski definition) is 0. The third kappa shape index (κ3) is 14.3. The second kappa shape index (κ2) is 19.6. The predicted molar refractivity (Wildman–Crippen MR) is 127 cm³/mol. The summed E-state index contributed by atoms with van der Waals surface area (Å²) in [7, 11) is 0. The highest BCUT2D eigenvalue weighted by Gasteiger charge is 2.25. The fourth-order valence-electron chi connectivity index (χ4n) is 4.78. The molecule has 0 radical (unpaired) electrons. The van der Waals surface area contributed by atoms with Crippen LogP contribution in [0.3, 0.4) is 0 Å². The fraction of sp³-hybridized carbons (Fsp3) is 0.778. The van der Waals surface area contributed by atoms with E-state index in [-0.39, 0.29) is 17.0 Å². The van der Waals surface area contributed by atoms with Gasteiger partial charge in [0.1, 0.15) is 6.54 Å². The first-order valence-corrected chi connectivity index (χ1v) is 12.7. The number of halogens is 1. The molecule has 0 bridgehead atoms. The molecule has 0 aromatic heterocycles. The van der Waals surface area contributed by atoms with Crippen LogP contribution in [0.1, 0.15) is 116 Å². The van der Waals surface area contributed by atoms with Crippen molar-refractivity contribution in [2.45, 2.75) is 117 Å². The molecular weight excluding hydrogens is 418 g/mol. The average Bonchev–Trinajstić information content (AvgIpc) is 2.70. The molecule has 0 aliphatic rings. The molecule has 29 heavy (non-hydrogen) atoms. The van der Waals surface area contributed by atoms with Crippen molar-refractivity contribution in [2.75, 3.05) is 19.6 Å². The summed E-state index contributed by atoms with van der Waals surface area (Å²) in [4.78, 5) is 0. The van der Waals surface area contributed by atoms with Gasteiger partial charge in [0.05, 0.1) is 19.6 Å². The van der Waals surface area contributed by atoms with Crippen molar-refractivity contribution in [3.63, 3.8) is 0 Å². The minimum atomic E-state index is 0. The first-order valence-electron chi connectivity index (χ1n) is 12.7. The Kier molecular flexibility index (Phi) is 19.4. The molecule has 0 saturated carbocycles. The van der Waals surface area contributed by atoms with E-state index < -0.39 is 0 Å². The predicted octanol–water partition coefficient (Wildman–Crippen LogP) is 5.53. The van der Waals surface area contributed by atoms with Crippen molar-refractivity contribution in [1.29, 1.82) is 0 Å². The smallest absolute Gasteiger partial charge is 0.104 e. The third-order valence-corrected chi connectivity index (χ3v) is 6.24. The van der Waals surface area contributed by atoms with Crippen LogP contribution < -0.4 is 17.0 Å². The van der Waals surface area contributed by atoms with Gasteiger partial charge in [-0.2, -0.15) is 0 Å². The van der Waals surface area contributed by atoms with Crippen LogP contribution in [0.2, 0.25) is 0 Å². The largest absolute Gasteiger partial charge is 1.00 e. The summed E-state index contributed by atoms with van der Waals surface area (Å²) >= 11 is 0. The zero-order chi connectivity index (χ0) is 20.3. The van der Waals surface area contributed by atoms with Gasteiger partial charge < -0.3 is 21.5 Å². The molecule has 0 atom stereocenters. The van der Waals surface area contributed by atoms with Crippen molar-refractivity contribution in [2.24, 2.45) is 0 Å². The van der Waals surface area contributed by atoms with E-state index in [1.165, 1.54) is 126 Å². The molecule has 1 nitrogen and oxygen atoms in total. The Labute approximate surface area is 194 Å². The molecule has 0 heterocycles.